The number of ether oxygens (including phenoxy) is 2. The van der Waals surface area contributed by atoms with Gasteiger partial charge in [-0.25, -0.2) is 34.4 Å². The Kier molecular flexibility index (Phi) is 28.0. The minimum absolute atomic E-state index is 0. The predicted octanol–water partition coefficient (Wildman–Crippen LogP) is 7.32. The topological polar surface area (TPSA) is 282 Å². The van der Waals surface area contributed by atoms with Crippen LogP contribution in [0.25, 0.3) is 11.4 Å². The van der Waals surface area contributed by atoms with Gasteiger partial charge in [0.1, 0.15) is 34.5 Å². The van der Waals surface area contributed by atoms with E-state index in [1.165, 1.54) is 24.1 Å². The van der Waals surface area contributed by atoms with E-state index in [1.807, 2.05) is 70.4 Å². The number of nitrogens with two attached hydrogens (primary N) is 4. The van der Waals surface area contributed by atoms with Crippen molar-refractivity contribution >= 4 is 65.4 Å². The second-order valence-corrected chi connectivity index (χ2v) is 23.7. The van der Waals surface area contributed by atoms with E-state index in [0.29, 0.717) is 41.8 Å². The summed E-state index contributed by atoms with van der Waals surface area (Å²) in [5.41, 5.74) is 21.4. The van der Waals surface area contributed by atoms with Gasteiger partial charge in [-0.05, 0) is 164 Å². The van der Waals surface area contributed by atoms with Crippen molar-refractivity contribution in [3.8, 4) is 0 Å². The van der Waals surface area contributed by atoms with Crippen molar-refractivity contribution in [1.29, 1.82) is 0 Å². The Balaban J connectivity index is 0.000000523. The number of allylic oxidation sites excluding steroid dienone is 3. The number of alkyl halides is 3. The number of carbonyl (C=O) groups is 2. The molecule has 81 heavy (non-hydrogen) atoms. The molecule has 0 saturated carbocycles. The van der Waals surface area contributed by atoms with Crippen molar-refractivity contribution in [1.82, 2.24) is 40.4 Å². The molecule has 0 bridgehead atoms. The van der Waals surface area contributed by atoms with E-state index >= 15 is 0 Å². The summed E-state index contributed by atoms with van der Waals surface area (Å²) in [5, 5.41) is 6.91. The number of aryl methyl sites for hydroxylation is 1. The molecule has 19 nitrogen and oxygen atoms in total. The van der Waals surface area contributed by atoms with Crippen LogP contribution in [0, 0.1) is 30.6 Å². The zero-order valence-corrected chi connectivity index (χ0v) is 51.7. The normalized spacial score (nSPS) is 19.8. The fourth-order valence-electron chi connectivity index (χ4n) is 7.77. The van der Waals surface area contributed by atoms with Crippen LogP contribution in [0.1, 0.15) is 131 Å². The molecule has 25 heteroatoms. The number of anilines is 4. The minimum Gasteiger partial charge on any atom is -1.00 e. The first-order valence-electron chi connectivity index (χ1n) is 26.2. The molecule has 8 heterocycles. The zero-order chi connectivity index (χ0) is 58.9. The average Bonchev–Trinajstić information content (AvgIpc) is 3.36. The second kappa shape index (κ2) is 32.0. The molecular formula is C56H82BF3N12NaO7S. The molecule has 0 spiro atoms. The van der Waals surface area contributed by atoms with Crippen LogP contribution in [0.3, 0.4) is 0 Å². The quantitative estimate of drug-likeness (QED) is 0.0648. The van der Waals surface area contributed by atoms with Crippen molar-refractivity contribution in [2.24, 2.45) is 23.7 Å². The van der Waals surface area contributed by atoms with E-state index in [1.54, 1.807) is 57.1 Å². The number of nitrogens with zero attached hydrogens (tertiary/aromatic N) is 6. The third-order valence-corrected chi connectivity index (χ3v) is 13.0. The van der Waals surface area contributed by atoms with E-state index in [-0.39, 0.29) is 64.4 Å². The molecule has 439 valence electrons. The number of pyridine rings is 4. The van der Waals surface area contributed by atoms with Crippen LogP contribution in [0.2, 0.25) is 0 Å². The van der Waals surface area contributed by atoms with Crippen LogP contribution in [0.15, 0.2) is 97.4 Å². The number of carbonyl (C=O) groups excluding carboxylic acids is 2. The largest absolute Gasteiger partial charge is 1.00 e. The van der Waals surface area contributed by atoms with Gasteiger partial charge in [0.2, 0.25) is 5.88 Å². The number of aromatic nitrogens is 4. The third-order valence-electron chi connectivity index (χ3n) is 12.0. The van der Waals surface area contributed by atoms with Gasteiger partial charge in [0, 0.05) is 75.7 Å². The average molecular weight is 1160 g/mol. The molecule has 1 saturated heterocycles. The number of hydrogen-bond donors (Lipinski definition) is 6. The summed E-state index contributed by atoms with van der Waals surface area (Å²) >= 11 is 0. The standard InChI is InChI=1S/C16H23N3O2.C12H18F3NO5S.C11H17N3.C11H15N3.C6H8N2.B.Na.H/c1-11-5-7-13(12-6-8-14(17)18-9-12)19(10-11)15(20)21-16(2,3)4;1-8-5-6-9(21-22(18,19)12(13,14)15)16(7-8)10(17)20-11(2,3)4;2*1-8-2-4-10(13-6-8)9-3-5-11(12)14-7-9;1-5-2-3-6(7)8-4-5;;;/h6-9,11H,5,10H2,1-4H3,(H2,17,18);6,8H,5,7H2,1-4H3;3,5,7-8,10,13H,2,4,6H2,1H3,(H2,12,14);3-5,7-8,13H,2,6H2,1H3,(H2,12,14);2-4H,1H3,(H2,7,8);;;/q;;;;;;+1;-1. The Bertz CT molecular complexity index is 2780. The Labute approximate surface area is 502 Å². The molecule has 4 aliphatic rings. The molecular weight excluding hydrogens is 1080 g/mol. The Hall–Kier alpha value is -6.08. The van der Waals surface area contributed by atoms with Crippen molar-refractivity contribution in [2.75, 3.05) is 49.1 Å². The Morgan fingerprint density at radius 2 is 1.11 bits per heavy atom. The summed E-state index contributed by atoms with van der Waals surface area (Å²) in [6, 6.07) is 15.6. The van der Waals surface area contributed by atoms with Crippen LogP contribution in [0.4, 0.5) is 46.0 Å². The van der Waals surface area contributed by atoms with E-state index < -0.39 is 38.8 Å². The van der Waals surface area contributed by atoms with Gasteiger partial charge < -0.3 is 48.7 Å². The van der Waals surface area contributed by atoms with Crippen LogP contribution in [-0.2, 0) is 23.8 Å². The number of nitrogen functional groups attached to an aromatic ring is 4. The molecule has 5 unspecified atom stereocenters. The van der Waals surface area contributed by atoms with E-state index in [9.17, 15) is 31.2 Å². The van der Waals surface area contributed by atoms with Gasteiger partial charge in [-0.3, -0.25) is 4.90 Å². The van der Waals surface area contributed by atoms with Crippen LogP contribution >= 0.6 is 0 Å². The molecule has 1 fully saturated rings. The van der Waals surface area contributed by atoms with Crippen molar-refractivity contribution < 1.29 is 75.8 Å². The van der Waals surface area contributed by atoms with E-state index in [4.69, 9.17) is 32.4 Å². The fourth-order valence-corrected chi connectivity index (χ4v) is 8.24. The monoisotopic (exact) mass is 1160 g/mol. The van der Waals surface area contributed by atoms with Gasteiger partial charge in [-0.15, -0.1) is 0 Å². The minimum atomic E-state index is -5.84. The molecule has 5 atom stereocenters. The fraction of sp³-hybridized carbons (Fsp3) is 0.500. The number of hydrogen-bond acceptors (Lipinski definition) is 17. The SMILES string of the molecule is CC1CC=C(OS(=O)(=O)C(F)(F)F)N(C(=O)OC(C)(C)C)C1.CC1CC=C(c2ccc(N)nc2)N(C(=O)OC(C)(C)C)C1.CC1CC=C(c2ccc(N)nc2)NC1.CC1CCC(c2ccc(N)nc2)NC1.Cc1ccc(N)nc1.[B].[H-].[Na+]. The molecule has 2 amide bonds. The van der Waals surface area contributed by atoms with Crippen molar-refractivity contribution in [3.05, 3.63) is 120 Å². The smallest absolute Gasteiger partial charge is 1.00 e. The summed E-state index contributed by atoms with van der Waals surface area (Å²) in [6.45, 7) is 23.5. The van der Waals surface area contributed by atoms with Crippen LogP contribution in [0.5, 0.6) is 0 Å². The summed E-state index contributed by atoms with van der Waals surface area (Å²) in [4.78, 5) is 43.0. The third kappa shape index (κ3) is 24.9. The summed E-state index contributed by atoms with van der Waals surface area (Å²) in [6.07, 6.45) is 16.1. The predicted molar refractivity (Wildman–Crippen MR) is 311 cm³/mol. The van der Waals surface area contributed by atoms with Gasteiger partial charge in [-0.2, -0.15) is 21.6 Å². The van der Waals surface area contributed by atoms with E-state index in [2.05, 4.69) is 73.7 Å². The van der Waals surface area contributed by atoms with Crippen LogP contribution in [-0.4, -0.2) is 102 Å². The number of halogens is 3. The number of rotatable bonds is 5. The maximum Gasteiger partial charge on any atom is 1.00 e. The van der Waals surface area contributed by atoms with Crippen molar-refractivity contribution in [2.45, 2.75) is 131 Å². The Morgan fingerprint density at radius 3 is 1.54 bits per heavy atom. The van der Waals surface area contributed by atoms with Gasteiger partial charge >= 0.3 is 57.4 Å². The van der Waals surface area contributed by atoms with Gasteiger partial charge in [0.05, 0.1) is 5.70 Å². The van der Waals surface area contributed by atoms with Crippen molar-refractivity contribution in [3.63, 3.8) is 0 Å². The molecule has 4 aromatic rings. The molecule has 4 aromatic heterocycles. The first-order valence-corrected chi connectivity index (χ1v) is 27.6. The second-order valence-electron chi connectivity index (χ2n) is 22.2. The number of amides is 2. The van der Waals surface area contributed by atoms with Gasteiger partial charge in [0.25, 0.3) is 0 Å². The molecule has 4 aliphatic heterocycles. The summed E-state index contributed by atoms with van der Waals surface area (Å²) < 4.78 is 74.0. The Morgan fingerprint density at radius 1 is 0.630 bits per heavy atom. The maximum atomic E-state index is 12.4. The molecule has 0 aromatic carbocycles. The first kappa shape index (κ1) is 71.0. The molecule has 10 N–H and O–H groups in total. The molecule has 8 rings (SSSR count). The summed E-state index contributed by atoms with van der Waals surface area (Å²) in [5.74, 6) is 3.37. The van der Waals surface area contributed by atoms with E-state index in [0.717, 1.165) is 71.1 Å². The number of piperidine rings is 1. The number of nitrogens with one attached hydrogen (secondary N) is 2. The maximum absolute atomic E-state index is 12.4. The molecule has 3 radical (unpaired) electrons. The van der Waals surface area contributed by atoms with Gasteiger partial charge in [0.15, 0.2) is 0 Å². The van der Waals surface area contributed by atoms with Gasteiger partial charge in [-0.1, -0.05) is 52.0 Å². The zero-order valence-electron chi connectivity index (χ0n) is 49.9. The summed E-state index contributed by atoms with van der Waals surface area (Å²) in [7, 11) is -5.84. The molecule has 0 aliphatic carbocycles. The van der Waals surface area contributed by atoms with Crippen LogP contribution < -0.4 is 63.1 Å². The first-order chi connectivity index (χ1) is 36.8.